The molecule has 2 atom stereocenters. The third kappa shape index (κ3) is 6.18. The molecule has 4 N–H and O–H groups in total. The van der Waals surface area contributed by atoms with Crippen molar-refractivity contribution in [2.75, 3.05) is 13.1 Å². The number of thiophene rings is 1. The summed E-state index contributed by atoms with van der Waals surface area (Å²) in [6.45, 7) is 3.08. The summed E-state index contributed by atoms with van der Waals surface area (Å²) in [7, 11) is 0. The number of amides is 1. The topological polar surface area (TPSA) is 75.4 Å². The molecule has 0 aliphatic carbocycles. The highest BCUT2D eigenvalue weighted by atomic mass is 32.1. The Kier molecular flexibility index (Phi) is 7.70. The van der Waals surface area contributed by atoms with Crippen LogP contribution in [0, 0.1) is 5.92 Å². The van der Waals surface area contributed by atoms with Crippen LogP contribution in [0.5, 0.6) is 0 Å². The van der Waals surface area contributed by atoms with Gasteiger partial charge in [0, 0.05) is 13.0 Å². The molecule has 5 heteroatoms. The summed E-state index contributed by atoms with van der Waals surface area (Å²) in [5.74, 6) is 0.530. The van der Waals surface area contributed by atoms with E-state index in [0.29, 0.717) is 18.9 Å². The Balaban J connectivity index is 2.20. The van der Waals surface area contributed by atoms with E-state index in [9.17, 15) is 9.90 Å². The molecule has 2 unspecified atom stereocenters. The summed E-state index contributed by atoms with van der Waals surface area (Å²) in [6.07, 6.45) is 2.80. The van der Waals surface area contributed by atoms with E-state index < -0.39 is 6.10 Å². The number of rotatable bonds is 9. The van der Waals surface area contributed by atoms with E-state index >= 15 is 0 Å². The zero-order chi connectivity index (χ0) is 14.1. The van der Waals surface area contributed by atoms with E-state index in [1.54, 1.807) is 11.3 Å². The number of hydrogen-bond acceptors (Lipinski definition) is 4. The molecule has 1 amide bonds. The monoisotopic (exact) mass is 284 g/mol. The standard InChI is InChI=1S/C14H24N2O2S/c1-2-11(5-7-15)3-4-14(18)16-9-13(17)12-6-8-19-10-12/h6,8,10-11,13,17H,2-5,7,9,15H2,1H3,(H,16,18). The summed E-state index contributed by atoms with van der Waals surface area (Å²) < 4.78 is 0. The lowest BCUT2D eigenvalue weighted by Gasteiger charge is -2.14. The summed E-state index contributed by atoms with van der Waals surface area (Å²) in [5, 5.41) is 16.4. The van der Waals surface area contributed by atoms with Crippen LogP contribution in [0.3, 0.4) is 0 Å². The quantitative estimate of drug-likeness (QED) is 0.649. The summed E-state index contributed by atoms with van der Waals surface area (Å²) in [6, 6.07) is 1.87. The van der Waals surface area contributed by atoms with Crippen molar-refractivity contribution in [3.05, 3.63) is 22.4 Å². The predicted octanol–water partition coefficient (Wildman–Crippen LogP) is 2.05. The Morgan fingerprint density at radius 2 is 2.32 bits per heavy atom. The van der Waals surface area contributed by atoms with Crippen LogP contribution in [0.1, 0.15) is 44.3 Å². The first-order valence-corrected chi connectivity index (χ1v) is 7.78. The Morgan fingerprint density at radius 3 is 2.89 bits per heavy atom. The van der Waals surface area contributed by atoms with Crippen LogP contribution in [-0.2, 0) is 4.79 Å². The Labute approximate surface area is 119 Å². The lowest BCUT2D eigenvalue weighted by Crippen LogP contribution is -2.28. The van der Waals surface area contributed by atoms with Gasteiger partial charge in [0.25, 0.3) is 0 Å². The van der Waals surface area contributed by atoms with E-state index in [2.05, 4.69) is 12.2 Å². The van der Waals surface area contributed by atoms with E-state index in [1.165, 1.54) is 0 Å². The fourth-order valence-electron chi connectivity index (χ4n) is 2.00. The summed E-state index contributed by atoms with van der Waals surface area (Å²) in [4.78, 5) is 11.7. The molecule has 19 heavy (non-hydrogen) atoms. The molecule has 0 radical (unpaired) electrons. The first-order chi connectivity index (χ1) is 9.17. The van der Waals surface area contributed by atoms with Crippen LogP contribution >= 0.6 is 11.3 Å². The molecule has 1 aromatic rings. The third-order valence-electron chi connectivity index (χ3n) is 3.35. The van der Waals surface area contributed by atoms with Gasteiger partial charge in [-0.2, -0.15) is 11.3 Å². The highest BCUT2D eigenvalue weighted by Crippen LogP contribution is 2.16. The van der Waals surface area contributed by atoms with Gasteiger partial charge in [-0.25, -0.2) is 0 Å². The minimum absolute atomic E-state index is 0.00440. The normalized spacial score (nSPS) is 14.1. The SMILES string of the molecule is CCC(CCN)CCC(=O)NCC(O)c1ccsc1. The van der Waals surface area contributed by atoms with Crippen LogP contribution in [0.15, 0.2) is 16.8 Å². The van der Waals surface area contributed by atoms with Crippen molar-refractivity contribution >= 4 is 17.2 Å². The van der Waals surface area contributed by atoms with Gasteiger partial charge >= 0.3 is 0 Å². The number of nitrogens with two attached hydrogens (primary N) is 1. The van der Waals surface area contributed by atoms with Crippen molar-refractivity contribution in [3.63, 3.8) is 0 Å². The second-order valence-electron chi connectivity index (χ2n) is 4.77. The molecule has 0 saturated heterocycles. The van der Waals surface area contributed by atoms with Crippen molar-refractivity contribution in [1.29, 1.82) is 0 Å². The minimum atomic E-state index is -0.610. The number of carbonyl (C=O) groups excluding carboxylic acids is 1. The number of nitrogens with one attached hydrogen (secondary N) is 1. The van der Waals surface area contributed by atoms with E-state index in [1.807, 2.05) is 16.8 Å². The maximum Gasteiger partial charge on any atom is 0.220 e. The summed E-state index contributed by atoms with van der Waals surface area (Å²) >= 11 is 1.54. The van der Waals surface area contributed by atoms with E-state index in [4.69, 9.17) is 5.73 Å². The first-order valence-electron chi connectivity index (χ1n) is 6.84. The van der Waals surface area contributed by atoms with Gasteiger partial charge in [-0.1, -0.05) is 13.3 Å². The number of aliphatic hydroxyl groups is 1. The van der Waals surface area contributed by atoms with Gasteiger partial charge in [0.2, 0.25) is 5.91 Å². The maximum atomic E-state index is 11.7. The fourth-order valence-corrected chi connectivity index (χ4v) is 2.71. The largest absolute Gasteiger partial charge is 0.387 e. The zero-order valence-electron chi connectivity index (χ0n) is 11.5. The van der Waals surface area contributed by atoms with Crippen LogP contribution in [0.25, 0.3) is 0 Å². The van der Waals surface area contributed by atoms with Crippen molar-refractivity contribution in [2.45, 2.75) is 38.7 Å². The minimum Gasteiger partial charge on any atom is -0.387 e. The third-order valence-corrected chi connectivity index (χ3v) is 4.05. The van der Waals surface area contributed by atoms with E-state index in [-0.39, 0.29) is 12.5 Å². The van der Waals surface area contributed by atoms with Crippen LogP contribution in [0.4, 0.5) is 0 Å². The predicted molar refractivity (Wildman–Crippen MR) is 79.0 cm³/mol. The van der Waals surface area contributed by atoms with E-state index in [0.717, 1.165) is 24.8 Å². The van der Waals surface area contributed by atoms with Crippen molar-refractivity contribution < 1.29 is 9.90 Å². The molecule has 0 aromatic carbocycles. The molecule has 0 fully saturated rings. The van der Waals surface area contributed by atoms with Gasteiger partial charge < -0.3 is 16.2 Å². The molecule has 1 rings (SSSR count). The number of aliphatic hydroxyl groups excluding tert-OH is 1. The second kappa shape index (κ2) is 9.07. The molecule has 108 valence electrons. The molecule has 0 spiro atoms. The number of carbonyl (C=O) groups is 1. The molecule has 0 aliphatic heterocycles. The lowest BCUT2D eigenvalue weighted by molar-refractivity contribution is -0.121. The van der Waals surface area contributed by atoms with Crippen molar-refractivity contribution in [3.8, 4) is 0 Å². The Hall–Kier alpha value is -0.910. The fraction of sp³-hybridized carbons (Fsp3) is 0.643. The van der Waals surface area contributed by atoms with Crippen LogP contribution in [-0.4, -0.2) is 24.1 Å². The van der Waals surface area contributed by atoms with Gasteiger partial charge in [-0.3, -0.25) is 4.79 Å². The van der Waals surface area contributed by atoms with Gasteiger partial charge in [0.15, 0.2) is 0 Å². The Morgan fingerprint density at radius 1 is 1.53 bits per heavy atom. The molecular weight excluding hydrogens is 260 g/mol. The molecule has 1 heterocycles. The number of hydrogen-bond donors (Lipinski definition) is 3. The highest BCUT2D eigenvalue weighted by molar-refractivity contribution is 7.07. The average Bonchev–Trinajstić information content (AvgIpc) is 2.94. The Bertz CT molecular complexity index is 354. The molecule has 0 bridgehead atoms. The molecule has 0 saturated carbocycles. The van der Waals surface area contributed by atoms with Crippen molar-refractivity contribution in [1.82, 2.24) is 5.32 Å². The lowest BCUT2D eigenvalue weighted by atomic mass is 9.96. The smallest absolute Gasteiger partial charge is 0.220 e. The van der Waals surface area contributed by atoms with Crippen LogP contribution < -0.4 is 11.1 Å². The van der Waals surface area contributed by atoms with Gasteiger partial charge in [-0.05, 0) is 47.7 Å². The average molecular weight is 284 g/mol. The summed E-state index contributed by atoms with van der Waals surface area (Å²) in [5.41, 5.74) is 6.39. The molecule has 4 nitrogen and oxygen atoms in total. The van der Waals surface area contributed by atoms with Crippen molar-refractivity contribution in [2.24, 2.45) is 11.7 Å². The molecular formula is C14H24N2O2S. The van der Waals surface area contributed by atoms with Gasteiger partial charge in [0.1, 0.15) is 0 Å². The first kappa shape index (κ1) is 16.1. The van der Waals surface area contributed by atoms with Gasteiger partial charge in [0.05, 0.1) is 6.10 Å². The molecule has 0 aliphatic rings. The zero-order valence-corrected chi connectivity index (χ0v) is 12.3. The molecule has 1 aromatic heterocycles. The maximum absolute atomic E-state index is 11.7. The van der Waals surface area contributed by atoms with Gasteiger partial charge in [-0.15, -0.1) is 0 Å². The second-order valence-corrected chi connectivity index (χ2v) is 5.55. The van der Waals surface area contributed by atoms with Crippen LogP contribution in [0.2, 0.25) is 0 Å². The highest BCUT2D eigenvalue weighted by Gasteiger charge is 2.11.